The van der Waals surface area contributed by atoms with Gasteiger partial charge in [0.05, 0.1) is 33.4 Å². The van der Waals surface area contributed by atoms with Gasteiger partial charge in [0.25, 0.3) is 5.56 Å². The van der Waals surface area contributed by atoms with Gasteiger partial charge in [0.15, 0.2) is 5.75 Å². The molecule has 0 saturated carbocycles. The minimum Gasteiger partial charge on any atom is -0.488 e. The zero-order valence-electron chi connectivity index (χ0n) is 25.3. The van der Waals surface area contributed by atoms with Crippen molar-refractivity contribution in [1.29, 1.82) is 5.26 Å². The molecule has 3 aliphatic heterocycles. The van der Waals surface area contributed by atoms with E-state index in [0.717, 1.165) is 38.4 Å². The number of anilines is 1. The highest BCUT2D eigenvalue weighted by Gasteiger charge is 2.37. The maximum Gasteiger partial charge on any atom is 0.387 e. The molecule has 9 nitrogen and oxygen atoms in total. The van der Waals surface area contributed by atoms with E-state index in [1.165, 1.54) is 28.8 Å². The van der Waals surface area contributed by atoms with Crippen LogP contribution >= 0.6 is 11.6 Å². The molecule has 13 heteroatoms. The van der Waals surface area contributed by atoms with Gasteiger partial charge >= 0.3 is 6.61 Å². The van der Waals surface area contributed by atoms with Gasteiger partial charge in [-0.15, -0.1) is 0 Å². The summed E-state index contributed by atoms with van der Waals surface area (Å²) >= 11 is 6.89. The standard InChI is InChI=1S/C33H33ClF3N5O4/c1-3-26(43)40-12-13-41(19(2)16-40)29-21-14-23(34)27(28-24(35)8-7-9-25(28)46-33(36)37)31-30(21)42(32(44)22(29)15-38)20(18-45-31)17-39-10-5-4-6-11-39/h3,7-9,14,19-20,33H,1,4-6,10-13,16-18H2,2H3/t19-,20?/m0/s1. The Morgan fingerprint density at radius 1 is 1.22 bits per heavy atom. The zero-order chi connectivity index (χ0) is 32.7. The van der Waals surface area contributed by atoms with E-state index in [-0.39, 0.29) is 51.5 Å². The molecule has 4 heterocycles. The van der Waals surface area contributed by atoms with Crippen LogP contribution in [0.4, 0.5) is 18.9 Å². The third-order valence-corrected chi connectivity index (χ3v) is 9.33. The van der Waals surface area contributed by atoms with Gasteiger partial charge in [-0.1, -0.05) is 30.7 Å². The maximum atomic E-state index is 15.5. The van der Waals surface area contributed by atoms with Crippen molar-refractivity contribution in [3.05, 3.63) is 63.7 Å². The number of pyridine rings is 1. The molecule has 0 spiro atoms. The molecule has 1 aromatic heterocycles. The summed E-state index contributed by atoms with van der Waals surface area (Å²) in [7, 11) is 0. The van der Waals surface area contributed by atoms with E-state index in [4.69, 9.17) is 21.1 Å². The Balaban J connectivity index is 1.62. The van der Waals surface area contributed by atoms with E-state index in [2.05, 4.69) is 17.5 Å². The van der Waals surface area contributed by atoms with Gasteiger partial charge in [-0.25, -0.2) is 4.39 Å². The van der Waals surface area contributed by atoms with E-state index in [9.17, 15) is 23.6 Å². The average molecular weight is 656 g/mol. The second-order valence-corrected chi connectivity index (χ2v) is 12.2. The van der Waals surface area contributed by atoms with Crippen LogP contribution in [0, 0.1) is 17.1 Å². The number of piperidine rings is 1. The number of carbonyl (C=O) groups is 1. The second kappa shape index (κ2) is 12.9. The topological polar surface area (TPSA) is 91.0 Å². The molecule has 2 atom stereocenters. The lowest BCUT2D eigenvalue weighted by molar-refractivity contribution is -0.126. The number of piperazine rings is 1. The van der Waals surface area contributed by atoms with Crippen molar-refractivity contribution < 1.29 is 27.4 Å². The number of halogens is 4. The number of rotatable bonds is 7. The third-order valence-electron chi connectivity index (χ3n) is 9.03. The molecule has 1 unspecified atom stereocenters. The SMILES string of the molecule is C=CC(=O)N1CCN(c2c(C#N)c(=O)n3c4c(c(-c5c(F)cccc5OC(F)F)c(Cl)cc24)OCC3CN2CCCCC2)[C@@H](C)C1. The highest BCUT2D eigenvalue weighted by Crippen LogP contribution is 2.50. The molecule has 3 aromatic rings. The van der Waals surface area contributed by atoms with Gasteiger partial charge in [-0.2, -0.15) is 14.0 Å². The fraction of sp³-hybridized carbons (Fsp3) is 0.424. The van der Waals surface area contributed by atoms with Crippen LogP contribution in [0.15, 0.2) is 41.7 Å². The van der Waals surface area contributed by atoms with Crippen LogP contribution in [0.3, 0.4) is 0 Å². The van der Waals surface area contributed by atoms with Crippen LogP contribution in [0.2, 0.25) is 5.02 Å². The Kier molecular flexibility index (Phi) is 8.90. The van der Waals surface area contributed by atoms with Gasteiger partial charge in [0.2, 0.25) is 5.91 Å². The molecule has 242 valence electrons. The fourth-order valence-corrected chi connectivity index (χ4v) is 7.29. The number of alkyl halides is 2. The Morgan fingerprint density at radius 2 is 1.98 bits per heavy atom. The van der Waals surface area contributed by atoms with Crippen molar-refractivity contribution in [1.82, 2.24) is 14.4 Å². The lowest BCUT2D eigenvalue weighted by Gasteiger charge is -2.42. The number of carbonyl (C=O) groups excluding carboxylic acids is 1. The first-order valence-corrected chi connectivity index (χ1v) is 15.6. The van der Waals surface area contributed by atoms with E-state index < -0.39 is 29.8 Å². The summed E-state index contributed by atoms with van der Waals surface area (Å²) in [5.41, 5.74) is -0.372. The van der Waals surface area contributed by atoms with Crippen molar-refractivity contribution in [3.8, 4) is 28.7 Å². The second-order valence-electron chi connectivity index (χ2n) is 11.8. The van der Waals surface area contributed by atoms with E-state index >= 15 is 4.39 Å². The number of benzene rings is 2. The number of nitrogens with zero attached hydrogens (tertiary/aromatic N) is 5. The van der Waals surface area contributed by atoms with Crippen LogP contribution in [-0.4, -0.2) is 78.8 Å². The van der Waals surface area contributed by atoms with Gasteiger partial charge in [-0.05, 0) is 57.1 Å². The molecule has 0 N–H and O–H groups in total. The lowest BCUT2D eigenvalue weighted by atomic mass is 9.96. The number of nitriles is 1. The van der Waals surface area contributed by atoms with Crippen LogP contribution in [-0.2, 0) is 4.79 Å². The molecule has 0 bridgehead atoms. The van der Waals surface area contributed by atoms with E-state index in [1.807, 2.05) is 11.8 Å². The fourth-order valence-electron chi connectivity index (χ4n) is 7.00. The van der Waals surface area contributed by atoms with Crippen LogP contribution in [0.5, 0.6) is 11.5 Å². The van der Waals surface area contributed by atoms with E-state index in [1.54, 1.807) is 4.90 Å². The Bertz CT molecular complexity index is 1800. The number of ether oxygens (including phenoxy) is 2. The molecular weight excluding hydrogens is 623 g/mol. The first-order valence-electron chi connectivity index (χ1n) is 15.3. The Morgan fingerprint density at radius 3 is 2.65 bits per heavy atom. The molecule has 2 fully saturated rings. The van der Waals surface area contributed by atoms with Gasteiger partial charge in [-0.3, -0.25) is 14.2 Å². The first kappa shape index (κ1) is 31.8. The Hall–Kier alpha value is -4.21. The van der Waals surface area contributed by atoms with Gasteiger partial charge in [0, 0.05) is 37.6 Å². The summed E-state index contributed by atoms with van der Waals surface area (Å²) < 4.78 is 55.0. The average Bonchev–Trinajstić information content (AvgIpc) is 3.03. The highest BCUT2D eigenvalue weighted by atomic mass is 35.5. The molecule has 2 aromatic carbocycles. The van der Waals surface area contributed by atoms with Crippen LogP contribution in [0.25, 0.3) is 22.0 Å². The van der Waals surface area contributed by atoms with Crippen LogP contribution in [0.1, 0.15) is 37.8 Å². The molecule has 3 aliphatic rings. The largest absolute Gasteiger partial charge is 0.488 e. The lowest BCUT2D eigenvalue weighted by Crippen LogP contribution is -2.54. The number of likely N-dealkylation sites (tertiary alicyclic amines) is 1. The molecular formula is C33H33ClF3N5O4. The summed E-state index contributed by atoms with van der Waals surface area (Å²) in [6.45, 7) is 5.36. The summed E-state index contributed by atoms with van der Waals surface area (Å²) in [6.07, 6.45) is 4.41. The Labute approximate surface area is 268 Å². The number of aromatic nitrogens is 1. The quantitative estimate of drug-likeness (QED) is 0.307. The van der Waals surface area contributed by atoms with Crippen molar-refractivity contribution >= 4 is 34.1 Å². The van der Waals surface area contributed by atoms with E-state index in [0.29, 0.717) is 37.3 Å². The molecule has 0 radical (unpaired) electrons. The first-order chi connectivity index (χ1) is 22.1. The van der Waals surface area contributed by atoms with Crippen molar-refractivity contribution in [3.63, 3.8) is 0 Å². The predicted molar refractivity (Wildman–Crippen MR) is 168 cm³/mol. The minimum atomic E-state index is -3.23. The van der Waals surface area contributed by atoms with Crippen LogP contribution < -0.4 is 19.9 Å². The molecule has 2 saturated heterocycles. The monoisotopic (exact) mass is 655 g/mol. The normalized spacial score (nSPS) is 20.0. The van der Waals surface area contributed by atoms with Gasteiger partial charge < -0.3 is 24.2 Å². The summed E-state index contributed by atoms with van der Waals surface area (Å²) in [5, 5.41) is 10.8. The molecule has 46 heavy (non-hydrogen) atoms. The van der Waals surface area contributed by atoms with Gasteiger partial charge in [0.1, 0.15) is 29.8 Å². The smallest absolute Gasteiger partial charge is 0.387 e. The van der Waals surface area contributed by atoms with Crippen molar-refractivity contribution in [2.24, 2.45) is 0 Å². The molecule has 1 amide bonds. The summed E-state index contributed by atoms with van der Waals surface area (Å²) in [5.74, 6) is -1.49. The third kappa shape index (κ3) is 5.56. The summed E-state index contributed by atoms with van der Waals surface area (Å²) in [4.78, 5) is 32.6. The number of amides is 1. The molecule has 0 aliphatic carbocycles. The molecule has 6 rings (SSSR count). The maximum absolute atomic E-state index is 15.5. The zero-order valence-corrected chi connectivity index (χ0v) is 26.0. The number of hydrogen-bond acceptors (Lipinski definition) is 7. The predicted octanol–water partition coefficient (Wildman–Crippen LogP) is 5.58. The minimum absolute atomic E-state index is 0.00823. The van der Waals surface area contributed by atoms with Crippen molar-refractivity contribution in [2.75, 3.05) is 50.8 Å². The van der Waals surface area contributed by atoms with Crippen molar-refractivity contribution in [2.45, 2.75) is 44.9 Å². The number of hydrogen-bond donors (Lipinski definition) is 0. The summed E-state index contributed by atoms with van der Waals surface area (Å²) in [6, 6.07) is 6.42. The highest BCUT2D eigenvalue weighted by molar-refractivity contribution is 6.35.